The van der Waals surface area contributed by atoms with Crippen molar-refractivity contribution in [2.45, 2.75) is 31.3 Å². The zero-order chi connectivity index (χ0) is 19.9. The van der Waals surface area contributed by atoms with Crippen LogP contribution in [0.1, 0.15) is 29.5 Å². The Morgan fingerprint density at radius 3 is 2.61 bits per heavy atom. The third kappa shape index (κ3) is 2.85. The van der Waals surface area contributed by atoms with E-state index < -0.39 is 5.54 Å². The third-order valence-electron chi connectivity index (χ3n) is 5.53. The number of rotatable bonds is 4. The lowest BCUT2D eigenvalue weighted by atomic mass is 9.76. The fourth-order valence-electron chi connectivity index (χ4n) is 4.14. The molecular formula is C21H21BrN2O4. The standard InChI is InChI=1S/C21H21BrN2O4/c1-27-17-10-14(16(22)11-18(17)28-2)12-24-19(25)21(23-20(24)26)9-5-7-13-6-3-4-8-15(13)21/h3-4,6,8,10-11H,5,7,9,12H2,1-2H3,(H,23,26)/t21-/m0/s1. The number of carbonyl (C=O) groups is 2. The number of urea groups is 1. The summed E-state index contributed by atoms with van der Waals surface area (Å²) in [6.07, 6.45) is 2.39. The second-order valence-corrected chi connectivity index (χ2v) is 7.89. The first-order valence-electron chi connectivity index (χ1n) is 9.13. The summed E-state index contributed by atoms with van der Waals surface area (Å²) < 4.78 is 11.4. The number of methoxy groups -OCH3 is 2. The molecule has 7 heteroatoms. The highest BCUT2D eigenvalue weighted by atomic mass is 79.9. The van der Waals surface area contributed by atoms with E-state index in [0.717, 1.165) is 34.0 Å². The fraction of sp³-hybridized carbons (Fsp3) is 0.333. The van der Waals surface area contributed by atoms with Gasteiger partial charge in [0.15, 0.2) is 11.5 Å². The van der Waals surface area contributed by atoms with Crippen LogP contribution in [-0.4, -0.2) is 31.1 Å². The molecule has 2 aromatic rings. The van der Waals surface area contributed by atoms with Crippen LogP contribution in [-0.2, 0) is 23.3 Å². The number of hydrogen-bond donors (Lipinski definition) is 1. The van der Waals surface area contributed by atoms with Crippen molar-refractivity contribution < 1.29 is 19.1 Å². The van der Waals surface area contributed by atoms with Crippen LogP contribution in [0.5, 0.6) is 11.5 Å². The van der Waals surface area contributed by atoms with Crippen LogP contribution in [0.15, 0.2) is 40.9 Å². The van der Waals surface area contributed by atoms with E-state index >= 15 is 0 Å². The molecule has 0 bridgehead atoms. The third-order valence-corrected chi connectivity index (χ3v) is 6.27. The molecule has 1 atom stereocenters. The van der Waals surface area contributed by atoms with Crippen LogP contribution in [0.3, 0.4) is 0 Å². The number of ether oxygens (including phenoxy) is 2. The Labute approximate surface area is 171 Å². The Hall–Kier alpha value is -2.54. The molecule has 0 aromatic heterocycles. The van der Waals surface area contributed by atoms with Gasteiger partial charge in [0, 0.05) is 4.47 Å². The summed E-state index contributed by atoms with van der Waals surface area (Å²) in [6, 6.07) is 11.0. The first-order chi connectivity index (χ1) is 13.5. The van der Waals surface area contributed by atoms with Crippen LogP contribution in [0.4, 0.5) is 4.79 Å². The highest BCUT2D eigenvalue weighted by molar-refractivity contribution is 9.10. The van der Waals surface area contributed by atoms with Crippen molar-refractivity contribution in [3.8, 4) is 11.5 Å². The number of amides is 3. The number of benzene rings is 2. The average molecular weight is 445 g/mol. The SMILES string of the molecule is COc1cc(Br)c(CN2C(=O)N[C@]3(CCCc4ccccc43)C2=O)cc1OC. The molecule has 1 aliphatic carbocycles. The second-order valence-electron chi connectivity index (χ2n) is 7.04. The molecule has 1 aliphatic heterocycles. The number of nitrogens with zero attached hydrogens (tertiary/aromatic N) is 1. The molecule has 4 rings (SSSR count). The smallest absolute Gasteiger partial charge is 0.325 e. The average Bonchev–Trinajstić information content (AvgIpc) is 2.94. The maximum absolute atomic E-state index is 13.4. The van der Waals surface area contributed by atoms with Gasteiger partial charge in [-0.2, -0.15) is 0 Å². The van der Waals surface area contributed by atoms with Gasteiger partial charge in [0.1, 0.15) is 5.54 Å². The minimum atomic E-state index is -0.963. The topological polar surface area (TPSA) is 67.9 Å². The summed E-state index contributed by atoms with van der Waals surface area (Å²) in [5, 5.41) is 2.98. The Morgan fingerprint density at radius 2 is 1.86 bits per heavy atom. The molecule has 0 radical (unpaired) electrons. The predicted molar refractivity (Wildman–Crippen MR) is 107 cm³/mol. The number of nitrogens with one attached hydrogen (secondary N) is 1. The van der Waals surface area contributed by atoms with Gasteiger partial charge in [-0.3, -0.25) is 9.69 Å². The lowest BCUT2D eigenvalue weighted by molar-refractivity contribution is -0.132. The number of fused-ring (bicyclic) bond motifs is 2. The number of imide groups is 1. The Morgan fingerprint density at radius 1 is 1.14 bits per heavy atom. The van der Waals surface area contributed by atoms with Crippen LogP contribution in [0.2, 0.25) is 0 Å². The van der Waals surface area contributed by atoms with E-state index in [0.29, 0.717) is 17.9 Å². The normalized spacial score (nSPS) is 20.9. The minimum Gasteiger partial charge on any atom is -0.493 e. The molecule has 0 saturated carbocycles. The molecule has 1 saturated heterocycles. The molecule has 0 unspecified atom stereocenters. The molecule has 2 aliphatic rings. The first kappa shape index (κ1) is 18.8. The highest BCUT2D eigenvalue weighted by Crippen LogP contribution is 2.41. The van der Waals surface area contributed by atoms with Gasteiger partial charge in [-0.25, -0.2) is 4.79 Å². The van der Waals surface area contributed by atoms with Crippen molar-refractivity contribution in [2.75, 3.05) is 14.2 Å². The van der Waals surface area contributed by atoms with Crippen LogP contribution in [0, 0.1) is 0 Å². The molecule has 1 N–H and O–H groups in total. The monoisotopic (exact) mass is 444 g/mol. The van der Waals surface area contributed by atoms with Gasteiger partial charge in [0.2, 0.25) is 0 Å². The summed E-state index contributed by atoms with van der Waals surface area (Å²) in [5.74, 6) is 0.921. The van der Waals surface area contributed by atoms with Gasteiger partial charge in [-0.1, -0.05) is 40.2 Å². The maximum Gasteiger partial charge on any atom is 0.325 e. The van der Waals surface area contributed by atoms with E-state index in [1.165, 1.54) is 4.90 Å². The molecule has 3 amide bonds. The Kier molecular flexibility index (Phi) is 4.79. The molecular weight excluding hydrogens is 424 g/mol. The van der Waals surface area contributed by atoms with E-state index in [1.807, 2.05) is 24.3 Å². The zero-order valence-electron chi connectivity index (χ0n) is 15.8. The molecule has 1 spiro atoms. The number of aryl methyl sites for hydroxylation is 1. The number of carbonyl (C=O) groups excluding carboxylic acids is 2. The quantitative estimate of drug-likeness (QED) is 0.729. The fourth-order valence-corrected chi connectivity index (χ4v) is 4.59. The van der Waals surface area contributed by atoms with Gasteiger partial charge in [0.05, 0.1) is 20.8 Å². The molecule has 6 nitrogen and oxygen atoms in total. The van der Waals surface area contributed by atoms with Crippen LogP contribution >= 0.6 is 15.9 Å². The number of hydrogen-bond acceptors (Lipinski definition) is 4. The lowest BCUT2D eigenvalue weighted by Gasteiger charge is -2.33. The van der Waals surface area contributed by atoms with Gasteiger partial charge >= 0.3 is 6.03 Å². The molecule has 2 aromatic carbocycles. The van der Waals surface area contributed by atoms with Crippen molar-refractivity contribution in [3.05, 3.63) is 57.6 Å². The van der Waals surface area contributed by atoms with E-state index in [9.17, 15) is 9.59 Å². The largest absolute Gasteiger partial charge is 0.493 e. The van der Waals surface area contributed by atoms with Crippen molar-refractivity contribution in [2.24, 2.45) is 0 Å². The van der Waals surface area contributed by atoms with Gasteiger partial charge in [-0.05, 0) is 48.1 Å². The van der Waals surface area contributed by atoms with Gasteiger partial charge < -0.3 is 14.8 Å². The van der Waals surface area contributed by atoms with E-state index in [4.69, 9.17) is 9.47 Å². The van der Waals surface area contributed by atoms with Gasteiger partial charge in [0.25, 0.3) is 5.91 Å². The van der Waals surface area contributed by atoms with E-state index in [2.05, 4.69) is 21.2 Å². The van der Waals surface area contributed by atoms with Crippen molar-refractivity contribution in [3.63, 3.8) is 0 Å². The van der Waals surface area contributed by atoms with Crippen molar-refractivity contribution >= 4 is 27.9 Å². The van der Waals surface area contributed by atoms with Crippen LogP contribution < -0.4 is 14.8 Å². The zero-order valence-corrected chi connectivity index (χ0v) is 17.3. The van der Waals surface area contributed by atoms with Crippen molar-refractivity contribution in [1.82, 2.24) is 10.2 Å². The lowest BCUT2D eigenvalue weighted by Crippen LogP contribution is -2.46. The molecule has 146 valence electrons. The summed E-state index contributed by atoms with van der Waals surface area (Å²) in [4.78, 5) is 27.5. The molecule has 1 heterocycles. The Balaban J connectivity index is 1.69. The summed E-state index contributed by atoms with van der Waals surface area (Å²) in [6.45, 7) is 0.148. The summed E-state index contributed by atoms with van der Waals surface area (Å²) in [7, 11) is 3.11. The first-order valence-corrected chi connectivity index (χ1v) is 9.92. The number of halogens is 1. The Bertz CT molecular complexity index is 961. The predicted octanol–water partition coefficient (Wildman–Crippen LogP) is 3.75. The highest BCUT2D eigenvalue weighted by Gasteiger charge is 2.53. The summed E-state index contributed by atoms with van der Waals surface area (Å²) in [5.41, 5.74) is 1.84. The molecule has 1 fully saturated rings. The van der Waals surface area contributed by atoms with E-state index in [-0.39, 0.29) is 18.5 Å². The van der Waals surface area contributed by atoms with E-state index in [1.54, 1.807) is 26.4 Å². The second kappa shape index (κ2) is 7.13. The molecule has 28 heavy (non-hydrogen) atoms. The van der Waals surface area contributed by atoms with Gasteiger partial charge in [-0.15, -0.1) is 0 Å². The minimum absolute atomic E-state index is 0.148. The summed E-state index contributed by atoms with van der Waals surface area (Å²) >= 11 is 3.51. The van der Waals surface area contributed by atoms with Crippen molar-refractivity contribution in [1.29, 1.82) is 0 Å². The maximum atomic E-state index is 13.4. The van der Waals surface area contributed by atoms with Crippen LogP contribution in [0.25, 0.3) is 0 Å².